The topological polar surface area (TPSA) is 67.2 Å². The highest BCUT2D eigenvalue weighted by Crippen LogP contribution is 2.43. The van der Waals surface area contributed by atoms with Gasteiger partial charge < -0.3 is 10.2 Å². The summed E-state index contributed by atoms with van der Waals surface area (Å²) in [5.74, 6) is 0.388. The molecular weight excluding hydrogens is 316 g/mol. The fourth-order valence-electron chi connectivity index (χ4n) is 3.41. The largest absolute Gasteiger partial charge is 0.354 e. The number of benzene rings is 1. The van der Waals surface area contributed by atoms with Gasteiger partial charge in [-0.1, -0.05) is 18.2 Å². The lowest BCUT2D eigenvalue weighted by Gasteiger charge is -2.20. The fourth-order valence-corrected chi connectivity index (χ4v) is 3.41. The van der Waals surface area contributed by atoms with Crippen molar-refractivity contribution in [2.24, 2.45) is 0 Å². The van der Waals surface area contributed by atoms with E-state index in [-0.39, 0.29) is 11.8 Å². The number of aromatic nitrogens is 2. The molecule has 0 unspecified atom stereocenters. The van der Waals surface area contributed by atoms with Crippen molar-refractivity contribution in [2.45, 2.75) is 32.1 Å². The normalized spacial score (nSPS) is 18.0. The zero-order valence-electron chi connectivity index (χ0n) is 14.4. The number of para-hydroxylation sites is 1. The molecule has 0 bridgehead atoms. The Labute approximate surface area is 146 Å². The van der Waals surface area contributed by atoms with E-state index in [0.29, 0.717) is 37.5 Å². The summed E-state index contributed by atoms with van der Waals surface area (Å²) in [6.07, 6.45) is 4.24. The van der Waals surface area contributed by atoms with Crippen molar-refractivity contribution in [3.63, 3.8) is 0 Å². The monoisotopic (exact) mass is 338 g/mol. The fraction of sp³-hybridized carbons (Fsp3) is 0.421. The van der Waals surface area contributed by atoms with E-state index in [1.54, 1.807) is 11.1 Å². The van der Waals surface area contributed by atoms with Gasteiger partial charge in [0.2, 0.25) is 5.91 Å². The molecule has 6 nitrogen and oxygen atoms in total. The van der Waals surface area contributed by atoms with Gasteiger partial charge in [-0.2, -0.15) is 5.10 Å². The number of aryl methyl sites for hydroxylation is 1. The molecule has 0 radical (unpaired) electrons. The van der Waals surface area contributed by atoms with Crippen LogP contribution in [0.15, 0.2) is 30.5 Å². The molecule has 1 aromatic heterocycles. The van der Waals surface area contributed by atoms with Crippen LogP contribution in [0.2, 0.25) is 0 Å². The first kappa shape index (κ1) is 15.9. The van der Waals surface area contributed by atoms with E-state index in [1.807, 2.05) is 22.9 Å². The van der Waals surface area contributed by atoms with Crippen molar-refractivity contribution in [3.05, 3.63) is 47.3 Å². The zero-order valence-corrected chi connectivity index (χ0v) is 14.4. The number of hydrogen-bond donors (Lipinski definition) is 1. The van der Waals surface area contributed by atoms with Crippen molar-refractivity contribution in [1.29, 1.82) is 0 Å². The Morgan fingerprint density at radius 3 is 2.80 bits per heavy atom. The Morgan fingerprint density at radius 1 is 1.24 bits per heavy atom. The lowest BCUT2D eigenvalue weighted by Crippen LogP contribution is -2.34. The first-order valence-corrected chi connectivity index (χ1v) is 8.85. The third-order valence-corrected chi connectivity index (χ3v) is 4.94. The van der Waals surface area contributed by atoms with Crippen LogP contribution in [0, 0.1) is 6.92 Å². The average molecular weight is 338 g/mol. The van der Waals surface area contributed by atoms with Crippen LogP contribution in [0.1, 0.15) is 46.8 Å². The molecule has 1 saturated heterocycles. The first-order chi connectivity index (χ1) is 12.1. The van der Waals surface area contributed by atoms with Crippen LogP contribution in [-0.4, -0.2) is 46.1 Å². The summed E-state index contributed by atoms with van der Waals surface area (Å²) in [6.45, 7) is 3.57. The van der Waals surface area contributed by atoms with E-state index < -0.39 is 0 Å². The van der Waals surface area contributed by atoms with Gasteiger partial charge in [0.15, 0.2) is 0 Å². The van der Waals surface area contributed by atoms with Crippen LogP contribution in [0.4, 0.5) is 0 Å². The minimum absolute atomic E-state index is 0.00771. The Kier molecular flexibility index (Phi) is 4.03. The summed E-state index contributed by atoms with van der Waals surface area (Å²) in [7, 11) is 0. The third-order valence-electron chi connectivity index (χ3n) is 4.94. The second kappa shape index (κ2) is 6.35. The number of rotatable bonds is 3. The lowest BCUT2D eigenvalue weighted by atomic mass is 10.1. The highest BCUT2D eigenvalue weighted by atomic mass is 16.2. The van der Waals surface area contributed by atoms with E-state index in [2.05, 4.69) is 23.4 Å². The molecule has 2 aromatic rings. The van der Waals surface area contributed by atoms with Crippen molar-refractivity contribution in [3.8, 4) is 5.69 Å². The first-order valence-electron chi connectivity index (χ1n) is 8.85. The summed E-state index contributed by atoms with van der Waals surface area (Å²) in [4.78, 5) is 26.4. The van der Waals surface area contributed by atoms with Crippen LogP contribution >= 0.6 is 0 Å². The van der Waals surface area contributed by atoms with Crippen LogP contribution < -0.4 is 5.32 Å². The van der Waals surface area contributed by atoms with Gasteiger partial charge in [0, 0.05) is 32.0 Å². The molecule has 4 rings (SSSR count). The van der Waals surface area contributed by atoms with Crippen molar-refractivity contribution < 1.29 is 9.59 Å². The maximum absolute atomic E-state index is 13.1. The Hall–Kier alpha value is -2.63. The van der Waals surface area contributed by atoms with Crippen LogP contribution in [0.25, 0.3) is 5.69 Å². The van der Waals surface area contributed by atoms with Gasteiger partial charge in [0.1, 0.15) is 0 Å². The number of hydrogen-bond acceptors (Lipinski definition) is 3. The molecule has 6 heteroatoms. The summed E-state index contributed by atoms with van der Waals surface area (Å²) >= 11 is 0. The molecule has 1 aromatic carbocycles. The summed E-state index contributed by atoms with van der Waals surface area (Å²) in [6, 6.07) is 8.10. The highest BCUT2D eigenvalue weighted by molar-refractivity contribution is 5.96. The molecule has 130 valence electrons. The molecule has 2 aliphatic rings. The van der Waals surface area contributed by atoms with Gasteiger partial charge in [-0.15, -0.1) is 0 Å². The van der Waals surface area contributed by atoms with E-state index in [4.69, 9.17) is 0 Å². The number of nitrogens with one attached hydrogen (secondary N) is 1. The van der Waals surface area contributed by atoms with Crippen molar-refractivity contribution in [1.82, 2.24) is 20.0 Å². The quantitative estimate of drug-likeness (QED) is 0.931. The molecule has 1 aliphatic carbocycles. The minimum atomic E-state index is -0.0155. The molecule has 0 spiro atoms. The van der Waals surface area contributed by atoms with E-state index in [0.717, 1.165) is 29.8 Å². The average Bonchev–Trinajstić information content (AvgIpc) is 3.39. The Balaban J connectivity index is 1.70. The number of carbonyl (C=O) groups is 2. The second-order valence-electron chi connectivity index (χ2n) is 6.81. The molecule has 1 N–H and O–H groups in total. The second-order valence-corrected chi connectivity index (χ2v) is 6.81. The standard InChI is InChI=1S/C19H22N4O2/c1-13-4-2-3-5-16(13)23-18(14-6-7-14)15(12-21-23)19(25)22-10-8-17(24)20-9-11-22/h2-5,12,14H,6-11H2,1H3,(H,20,24). The third kappa shape index (κ3) is 3.04. The summed E-state index contributed by atoms with van der Waals surface area (Å²) in [5.41, 5.74) is 3.86. The minimum Gasteiger partial charge on any atom is -0.354 e. The van der Waals surface area contributed by atoms with Gasteiger partial charge in [-0.25, -0.2) is 4.68 Å². The molecule has 2 fully saturated rings. The molecular formula is C19H22N4O2. The van der Waals surface area contributed by atoms with Crippen molar-refractivity contribution in [2.75, 3.05) is 19.6 Å². The summed E-state index contributed by atoms with van der Waals surface area (Å²) in [5, 5.41) is 7.36. The van der Waals surface area contributed by atoms with Crippen molar-refractivity contribution >= 4 is 11.8 Å². The number of nitrogens with zero attached hydrogens (tertiary/aromatic N) is 3. The smallest absolute Gasteiger partial charge is 0.257 e. The Bertz CT molecular complexity index is 823. The van der Waals surface area contributed by atoms with Crippen LogP contribution in [0.5, 0.6) is 0 Å². The van der Waals surface area contributed by atoms with E-state index >= 15 is 0 Å². The molecule has 25 heavy (non-hydrogen) atoms. The zero-order chi connectivity index (χ0) is 17.4. The highest BCUT2D eigenvalue weighted by Gasteiger charge is 2.34. The van der Waals surface area contributed by atoms with Gasteiger partial charge in [-0.05, 0) is 31.4 Å². The molecule has 1 saturated carbocycles. The van der Waals surface area contributed by atoms with E-state index in [9.17, 15) is 9.59 Å². The van der Waals surface area contributed by atoms with Gasteiger partial charge in [0.25, 0.3) is 5.91 Å². The maximum Gasteiger partial charge on any atom is 0.257 e. The summed E-state index contributed by atoms with van der Waals surface area (Å²) < 4.78 is 1.93. The number of carbonyl (C=O) groups excluding carboxylic acids is 2. The van der Waals surface area contributed by atoms with Gasteiger partial charge >= 0.3 is 0 Å². The van der Waals surface area contributed by atoms with Crippen LogP contribution in [-0.2, 0) is 4.79 Å². The molecule has 1 aliphatic heterocycles. The predicted molar refractivity (Wildman–Crippen MR) is 93.8 cm³/mol. The predicted octanol–water partition coefficient (Wildman–Crippen LogP) is 2.02. The Morgan fingerprint density at radius 2 is 2.04 bits per heavy atom. The molecule has 2 heterocycles. The SMILES string of the molecule is Cc1ccccc1-n1ncc(C(=O)N2CCNC(=O)CC2)c1C1CC1. The number of amides is 2. The maximum atomic E-state index is 13.1. The van der Waals surface area contributed by atoms with Crippen LogP contribution in [0.3, 0.4) is 0 Å². The lowest BCUT2D eigenvalue weighted by molar-refractivity contribution is -0.120. The van der Waals surface area contributed by atoms with Gasteiger partial charge in [0.05, 0.1) is 23.1 Å². The molecule has 0 atom stereocenters. The van der Waals surface area contributed by atoms with Gasteiger partial charge in [-0.3, -0.25) is 9.59 Å². The molecule has 2 amide bonds. The van der Waals surface area contributed by atoms with E-state index in [1.165, 1.54) is 0 Å².